The van der Waals surface area contributed by atoms with Crippen molar-refractivity contribution < 1.29 is 9.59 Å². The number of rotatable bonds is 6. The second-order valence-electron chi connectivity index (χ2n) is 6.03. The number of amides is 2. The molecule has 6 heteroatoms. The molecule has 0 N–H and O–H groups in total. The molecule has 2 aliphatic rings. The van der Waals surface area contributed by atoms with Crippen molar-refractivity contribution in [3.05, 3.63) is 0 Å². The predicted octanol–water partition coefficient (Wildman–Crippen LogP) is 1.43. The normalized spacial score (nSPS) is 21.6. The highest BCUT2D eigenvalue weighted by molar-refractivity contribution is 5.89. The predicted molar refractivity (Wildman–Crippen MR) is 79.1 cm³/mol. The number of nitriles is 2. The molecule has 2 rings (SSSR count). The van der Waals surface area contributed by atoms with Crippen LogP contribution in [0.2, 0.25) is 0 Å². The van der Waals surface area contributed by atoms with Crippen molar-refractivity contribution in [3.8, 4) is 12.1 Å². The summed E-state index contributed by atoms with van der Waals surface area (Å²) < 4.78 is 0. The molecule has 0 radical (unpaired) electrons. The van der Waals surface area contributed by atoms with E-state index in [1.807, 2.05) is 17.0 Å². The number of nitrogens with zero attached hydrogens (tertiary/aromatic N) is 4. The van der Waals surface area contributed by atoms with Crippen molar-refractivity contribution in [2.45, 2.75) is 51.0 Å². The summed E-state index contributed by atoms with van der Waals surface area (Å²) >= 11 is 0. The first-order chi connectivity index (χ1) is 10.7. The molecule has 2 amide bonds. The Morgan fingerprint density at radius 2 is 1.77 bits per heavy atom. The molecular formula is C16H22N4O2. The average molecular weight is 302 g/mol. The third-order valence-electron chi connectivity index (χ3n) is 4.57. The lowest BCUT2D eigenvalue weighted by atomic mass is 10.1. The van der Waals surface area contributed by atoms with E-state index in [4.69, 9.17) is 10.5 Å². The van der Waals surface area contributed by atoms with Crippen LogP contribution in [0.15, 0.2) is 0 Å². The molecule has 0 aromatic heterocycles. The fourth-order valence-corrected chi connectivity index (χ4v) is 3.43. The van der Waals surface area contributed by atoms with Gasteiger partial charge in [-0.15, -0.1) is 0 Å². The molecule has 1 atom stereocenters. The standard InChI is InChI=1S/C16H22N4O2/c17-7-3-9-19(10-4-8-18)16(22)13-11-15(21)20(12-13)14-5-1-2-6-14/h13-14H,1-6,9-12H2/t13-/m0/s1. The molecule has 1 aliphatic heterocycles. The zero-order valence-corrected chi connectivity index (χ0v) is 12.8. The summed E-state index contributed by atoms with van der Waals surface area (Å²) in [7, 11) is 0. The second kappa shape index (κ2) is 7.79. The molecule has 1 aliphatic carbocycles. The van der Waals surface area contributed by atoms with E-state index >= 15 is 0 Å². The third-order valence-corrected chi connectivity index (χ3v) is 4.57. The summed E-state index contributed by atoms with van der Waals surface area (Å²) in [5, 5.41) is 17.4. The molecule has 0 spiro atoms. The van der Waals surface area contributed by atoms with Crippen LogP contribution in [-0.2, 0) is 9.59 Å². The Kier molecular flexibility index (Phi) is 5.77. The first-order valence-electron chi connectivity index (χ1n) is 7.99. The second-order valence-corrected chi connectivity index (χ2v) is 6.03. The lowest BCUT2D eigenvalue weighted by molar-refractivity contribution is -0.135. The number of hydrogen-bond donors (Lipinski definition) is 0. The first kappa shape index (κ1) is 16.3. The van der Waals surface area contributed by atoms with Crippen LogP contribution in [0.4, 0.5) is 0 Å². The minimum absolute atomic E-state index is 0.0748. The number of carbonyl (C=O) groups excluding carboxylic acids is 2. The highest BCUT2D eigenvalue weighted by Crippen LogP contribution is 2.30. The number of likely N-dealkylation sites (tertiary alicyclic amines) is 1. The fourth-order valence-electron chi connectivity index (χ4n) is 3.43. The SMILES string of the molecule is N#CCCN(CCC#N)C(=O)[C@H]1CC(=O)N(C2CCCC2)C1. The lowest BCUT2D eigenvalue weighted by Crippen LogP contribution is -2.40. The van der Waals surface area contributed by atoms with Crippen molar-refractivity contribution in [3.63, 3.8) is 0 Å². The van der Waals surface area contributed by atoms with Crippen LogP contribution in [0.1, 0.15) is 44.9 Å². The van der Waals surface area contributed by atoms with Gasteiger partial charge in [0.15, 0.2) is 0 Å². The molecule has 2 fully saturated rings. The maximum absolute atomic E-state index is 12.6. The average Bonchev–Trinajstić information content (AvgIpc) is 3.16. The minimum atomic E-state index is -0.314. The van der Waals surface area contributed by atoms with E-state index in [1.165, 1.54) is 0 Å². The molecule has 0 aromatic rings. The van der Waals surface area contributed by atoms with Crippen molar-refractivity contribution in [1.82, 2.24) is 9.80 Å². The highest BCUT2D eigenvalue weighted by atomic mass is 16.2. The van der Waals surface area contributed by atoms with Crippen LogP contribution in [-0.4, -0.2) is 47.3 Å². The maximum atomic E-state index is 12.6. The van der Waals surface area contributed by atoms with Crippen LogP contribution in [0.5, 0.6) is 0 Å². The third kappa shape index (κ3) is 3.76. The highest BCUT2D eigenvalue weighted by Gasteiger charge is 2.39. The zero-order valence-electron chi connectivity index (χ0n) is 12.8. The van der Waals surface area contributed by atoms with Crippen LogP contribution < -0.4 is 0 Å². The molecule has 1 saturated carbocycles. The van der Waals surface area contributed by atoms with E-state index in [9.17, 15) is 9.59 Å². The van der Waals surface area contributed by atoms with E-state index in [0.29, 0.717) is 25.7 Å². The Hall–Kier alpha value is -2.08. The maximum Gasteiger partial charge on any atom is 0.228 e. The number of hydrogen-bond acceptors (Lipinski definition) is 4. The molecule has 0 aromatic carbocycles. The van der Waals surface area contributed by atoms with Gasteiger partial charge in [-0.25, -0.2) is 0 Å². The smallest absolute Gasteiger partial charge is 0.228 e. The topological polar surface area (TPSA) is 88.2 Å². The van der Waals surface area contributed by atoms with Gasteiger partial charge in [-0.05, 0) is 12.8 Å². The van der Waals surface area contributed by atoms with E-state index in [2.05, 4.69) is 0 Å². The van der Waals surface area contributed by atoms with E-state index in [1.54, 1.807) is 4.90 Å². The Bertz CT molecular complexity index is 481. The minimum Gasteiger partial charge on any atom is -0.340 e. The molecule has 6 nitrogen and oxygen atoms in total. The molecule has 0 bridgehead atoms. The van der Waals surface area contributed by atoms with Crippen molar-refractivity contribution >= 4 is 11.8 Å². The van der Waals surface area contributed by atoms with Gasteiger partial charge < -0.3 is 9.80 Å². The van der Waals surface area contributed by atoms with Gasteiger partial charge >= 0.3 is 0 Å². The van der Waals surface area contributed by atoms with Crippen LogP contribution in [0.3, 0.4) is 0 Å². The summed E-state index contributed by atoms with van der Waals surface area (Å²) in [6.07, 6.45) is 5.17. The van der Waals surface area contributed by atoms with Gasteiger partial charge in [-0.3, -0.25) is 9.59 Å². The van der Waals surface area contributed by atoms with Gasteiger partial charge in [0, 0.05) is 32.1 Å². The summed E-state index contributed by atoms with van der Waals surface area (Å²) in [5.74, 6) is -0.324. The van der Waals surface area contributed by atoms with E-state index in [-0.39, 0.29) is 37.0 Å². The summed E-state index contributed by atoms with van der Waals surface area (Å²) in [6, 6.07) is 4.36. The number of carbonyl (C=O) groups is 2. The largest absolute Gasteiger partial charge is 0.340 e. The summed E-state index contributed by atoms with van der Waals surface area (Å²) in [5.41, 5.74) is 0. The Morgan fingerprint density at radius 1 is 1.18 bits per heavy atom. The summed E-state index contributed by atoms with van der Waals surface area (Å²) in [6.45, 7) is 1.17. The van der Waals surface area contributed by atoms with Crippen LogP contribution >= 0.6 is 0 Å². The van der Waals surface area contributed by atoms with Gasteiger partial charge in [0.05, 0.1) is 30.9 Å². The van der Waals surface area contributed by atoms with Gasteiger partial charge in [0.1, 0.15) is 0 Å². The Labute approximate surface area is 131 Å². The molecule has 22 heavy (non-hydrogen) atoms. The van der Waals surface area contributed by atoms with E-state index in [0.717, 1.165) is 25.7 Å². The monoisotopic (exact) mass is 302 g/mol. The van der Waals surface area contributed by atoms with Crippen molar-refractivity contribution in [1.29, 1.82) is 10.5 Å². The van der Waals surface area contributed by atoms with Crippen molar-refractivity contribution in [2.75, 3.05) is 19.6 Å². The van der Waals surface area contributed by atoms with Crippen LogP contribution in [0.25, 0.3) is 0 Å². The molecular weight excluding hydrogens is 280 g/mol. The summed E-state index contributed by atoms with van der Waals surface area (Å²) in [4.78, 5) is 28.2. The van der Waals surface area contributed by atoms with Crippen LogP contribution in [0, 0.1) is 28.6 Å². The van der Waals surface area contributed by atoms with E-state index < -0.39 is 0 Å². The van der Waals surface area contributed by atoms with Gasteiger partial charge in [-0.2, -0.15) is 10.5 Å². The zero-order chi connectivity index (χ0) is 15.9. The van der Waals surface area contributed by atoms with Gasteiger partial charge in [-0.1, -0.05) is 12.8 Å². The molecule has 1 heterocycles. The fraction of sp³-hybridized carbons (Fsp3) is 0.750. The lowest BCUT2D eigenvalue weighted by Gasteiger charge is -2.26. The van der Waals surface area contributed by atoms with Gasteiger partial charge in [0.25, 0.3) is 0 Å². The quantitative estimate of drug-likeness (QED) is 0.742. The van der Waals surface area contributed by atoms with Crippen molar-refractivity contribution in [2.24, 2.45) is 5.92 Å². The van der Waals surface area contributed by atoms with Gasteiger partial charge in [0.2, 0.25) is 11.8 Å². The molecule has 1 saturated heterocycles. The molecule has 0 unspecified atom stereocenters. The Morgan fingerprint density at radius 3 is 2.32 bits per heavy atom. The molecule has 118 valence electrons. The Balaban J connectivity index is 1.96. The first-order valence-corrected chi connectivity index (χ1v) is 7.99.